The summed E-state index contributed by atoms with van der Waals surface area (Å²) in [5, 5.41) is 3.08. The van der Waals surface area contributed by atoms with E-state index in [0.29, 0.717) is 6.54 Å². The predicted octanol–water partition coefficient (Wildman–Crippen LogP) is 2.32. The highest BCUT2D eigenvalue weighted by molar-refractivity contribution is 5.79. The first-order valence-corrected chi connectivity index (χ1v) is 6.34. The molecule has 1 unspecified atom stereocenters. The lowest BCUT2D eigenvalue weighted by Gasteiger charge is -2.10. The first-order chi connectivity index (χ1) is 9.16. The topological polar surface area (TPSA) is 55.1 Å². The summed E-state index contributed by atoms with van der Waals surface area (Å²) in [4.78, 5) is 10.9. The van der Waals surface area contributed by atoms with Crippen LogP contribution in [0.5, 0.6) is 0 Å². The molecule has 0 aliphatic heterocycles. The number of carbonyl (C=O) groups is 1. The average Bonchev–Trinajstić information content (AvgIpc) is 2.46. The molecule has 3 N–H and O–H groups in total. The fraction of sp³-hybridized carbons (Fsp3) is 0.188. The summed E-state index contributed by atoms with van der Waals surface area (Å²) in [5.74, 6) is -0.332. The summed E-state index contributed by atoms with van der Waals surface area (Å²) in [7, 11) is 0. The van der Waals surface area contributed by atoms with Crippen molar-refractivity contribution in [1.29, 1.82) is 0 Å². The van der Waals surface area contributed by atoms with E-state index in [1.54, 1.807) is 6.92 Å². The lowest BCUT2D eigenvalue weighted by Crippen LogP contribution is -2.38. The first kappa shape index (κ1) is 13.3. The van der Waals surface area contributed by atoms with E-state index in [9.17, 15) is 4.79 Å². The zero-order valence-electron chi connectivity index (χ0n) is 11.0. The van der Waals surface area contributed by atoms with Gasteiger partial charge < -0.3 is 11.1 Å². The van der Waals surface area contributed by atoms with Gasteiger partial charge in [-0.1, -0.05) is 54.6 Å². The average molecular weight is 254 g/mol. The van der Waals surface area contributed by atoms with E-state index in [1.807, 2.05) is 18.2 Å². The zero-order chi connectivity index (χ0) is 13.7. The molecule has 0 aliphatic carbocycles. The minimum atomic E-state index is -0.332. The summed E-state index contributed by atoms with van der Waals surface area (Å²) in [6.07, 6.45) is 0. The van der Waals surface area contributed by atoms with Crippen LogP contribution in [0.4, 0.5) is 0 Å². The molecule has 0 fully saturated rings. The highest BCUT2D eigenvalue weighted by atomic mass is 16.1. The van der Waals surface area contributed by atoms with Crippen LogP contribution in [0.15, 0.2) is 54.6 Å². The maximum atomic E-state index is 10.9. The standard InChI is InChI=1S/C16H18N2O/c1-12(16(17)19)18-11-13-7-9-15(10-8-13)14-5-3-2-4-6-14/h2-10,12,18H,11H2,1H3,(H2,17,19). The Morgan fingerprint density at radius 1 is 1.05 bits per heavy atom. The van der Waals surface area contributed by atoms with Gasteiger partial charge in [-0.25, -0.2) is 0 Å². The summed E-state index contributed by atoms with van der Waals surface area (Å²) >= 11 is 0. The number of hydrogen-bond acceptors (Lipinski definition) is 2. The number of amides is 1. The second kappa shape index (κ2) is 6.16. The molecular formula is C16H18N2O. The Morgan fingerprint density at radius 2 is 1.63 bits per heavy atom. The number of rotatable bonds is 5. The Balaban J connectivity index is 2.01. The number of primary amides is 1. The van der Waals surface area contributed by atoms with Crippen molar-refractivity contribution in [1.82, 2.24) is 5.32 Å². The summed E-state index contributed by atoms with van der Waals surface area (Å²) in [6, 6.07) is 18.2. The van der Waals surface area contributed by atoms with Gasteiger partial charge in [-0.2, -0.15) is 0 Å². The van der Waals surface area contributed by atoms with Crippen LogP contribution in [-0.4, -0.2) is 11.9 Å². The van der Waals surface area contributed by atoms with Gasteiger partial charge in [-0.05, 0) is 23.6 Å². The van der Waals surface area contributed by atoms with E-state index >= 15 is 0 Å². The lowest BCUT2D eigenvalue weighted by molar-refractivity contribution is -0.119. The van der Waals surface area contributed by atoms with E-state index in [0.717, 1.165) is 5.56 Å². The van der Waals surface area contributed by atoms with Crippen LogP contribution >= 0.6 is 0 Å². The van der Waals surface area contributed by atoms with Gasteiger partial charge in [-0.3, -0.25) is 4.79 Å². The third-order valence-electron chi connectivity index (χ3n) is 3.10. The largest absolute Gasteiger partial charge is 0.368 e. The van der Waals surface area contributed by atoms with Crippen LogP contribution in [0.2, 0.25) is 0 Å². The molecule has 0 saturated carbocycles. The van der Waals surface area contributed by atoms with E-state index in [1.165, 1.54) is 11.1 Å². The van der Waals surface area contributed by atoms with Gasteiger partial charge in [0.25, 0.3) is 0 Å². The minimum Gasteiger partial charge on any atom is -0.368 e. The maximum Gasteiger partial charge on any atom is 0.234 e. The van der Waals surface area contributed by atoms with Crippen LogP contribution in [0.3, 0.4) is 0 Å². The number of nitrogens with one attached hydrogen (secondary N) is 1. The molecule has 0 saturated heterocycles. The quantitative estimate of drug-likeness (QED) is 0.860. The SMILES string of the molecule is CC(NCc1ccc(-c2ccccc2)cc1)C(N)=O. The highest BCUT2D eigenvalue weighted by Crippen LogP contribution is 2.19. The Morgan fingerprint density at radius 3 is 2.21 bits per heavy atom. The summed E-state index contributed by atoms with van der Waals surface area (Å²) in [6.45, 7) is 2.40. The third kappa shape index (κ3) is 3.66. The van der Waals surface area contributed by atoms with Crippen molar-refractivity contribution >= 4 is 5.91 Å². The normalized spacial score (nSPS) is 12.1. The Labute approximate surface area is 113 Å². The van der Waals surface area contributed by atoms with Crippen molar-refractivity contribution in [2.24, 2.45) is 5.73 Å². The molecule has 19 heavy (non-hydrogen) atoms. The molecule has 2 aromatic carbocycles. The molecular weight excluding hydrogens is 236 g/mol. The Hall–Kier alpha value is -2.13. The zero-order valence-corrected chi connectivity index (χ0v) is 11.0. The third-order valence-corrected chi connectivity index (χ3v) is 3.10. The summed E-state index contributed by atoms with van der Waals surface area (Å²) < 4.78 is 0. The lowest BCUT2D eigenvalue weighted by atomic mass is 10.0. The molecule has 0 bridgehead atoms. The molecule has 3 heteroatoms. The molecule has 3 nitrogen and oxygen atoms in total. The molecule has 0 radical (unpaired) electrons. The van der Waals surface area contributed by atoms with Crippen molar-refractivity contribution in [3.05, 3.63) is 60.2 Å². The van der Waals surface area contributed by atoms with Crippen molar-refractivity contribution in [3.8, 4) is 11.1 Å². The smallest absolute Gasteiger partial charge is 0.234 e. The van der Waals surface area contributed by atoms with E-state index in [4.69, 9.17) is 5.73 Å². The number of hydrogen-bond donors (Lipinski definition) is 2. The Bertz CT molecular complexity index is 534. The van der Waals surface area contributed by atoms with Gasteiger partial charge in [0, 0.05) is 6.54 Å². The molecule has 1 amide bonds. The number of carbonyl (C=O) groups excluding carboxylic acids is 1. The van der Waals surface area contributed by atoms with Crippen LogP contribution < -0.4 is 11.1 Å². The van der Waals surface area contributed by atoms with Crippen molar-refractivity contribution in [3.63, 3.8) is 0 Å². The maximum absolute atomic E-state index is 10.9. The van der Waals surface area contributed by atoms with Gasteiger partial charge >= 0.3 is 0 Å². The van der Waals surface area contributed by atoms with Crippen LogP contribution in [0.25, 0.3) is 11.1 Å². The molecule has 0 aliphatic rings. The second-order valence-corrected chi connectivity index (χ2v) is 4.57. The highest BCUT2D eigenvalue weighted by Gasteiger charge is 2.06. The van der Waals surface area contributed by atoms with Crippen LogP contribution in [0, 0.1) is 0 Å². The van der Waals surface area contributed by atoms with E-state index < -0.39 is 0 Å². The number of nitrogens with two attached hydrogens (primary N) is 1. The minimum absolute atomic E-state index is 0.311. The molecule has 98 valence electrons. The molecule has 0 spiro atoms. The van der Waals surface area contributed by atoms with Crippen molar-refractivity contribution in [2.75, 3.05) is 0 Å². The molecule has 0 aromatic heterocycles. The van der Waals surface area contributed by atoms with Gasteiger partial charge in [0.1, 0.15) is 0 Å². The second-order valence-electron chi connectivity index (χ2n) is 4.57. The Kier molecular flexibility index (Phi) is 4.31. The monoisotopic (exact) mass is 254 g/mol. The fourth-order valence-corrected chi connectivity index (χ4v) is 1.82. The van der Waals surface area contributed by atoms with Crippen LogP contribution in [-0.2, 0) is 11.3 Å². The van der Waals surface area contributed by atoms with Gasteiger partial charge in [-0.15, -0.1) is 0 Å². The summed E-state index contributed by atoms with van der Waals surface area (Å²) in [5.41, 5.74) is 8.72. The number of benzene rings is 2. The fourth-order valence-electron chi connectivity index (χ4n) is 1.82. The van der Waals surface area contributed by atoms with Gasteiger partial charge in [0.15, 0.2) is 0 Å². The van der Waals surface area contributed by atoms with E-state index in [-0.39, 0.29) is 11.9 Å². The molecule has 2 rings (SSSR count). The van der Waals surface area contributed by atoms with Gasteiger partial charge in [0.2, 0.25) is 5.91 Å². The van der Waals surface area contributed by atoms with E-state index in [2.05, 4.69) is 41.7 Å². The molecule has 0 heterocycles. The van der Waals surface area contributed by atoms with Crippen molar-refractivity contribution in [2.45, 2.75) is 19.5 Å². The van der Waals surface area contributed by atoms with Gasteiger partial charge in [0.05, 0.1) is 6.04 Å². The molecule has 2 aromatic rings. The van der Waals surface area contributed by atoms with Crippen molar-refractivity contribution < 1.29 is 4.79 Å². The predicted molar refractivity (Wildman–Crippen MR) is 77.4 cm³/mol. The first-order valence-electron chi connectivity index (χ1n) is 6.34. The molecule has 1 atom stereocenters. The van der Waals surface area contributed by atoms with Crippen LogP contribution in [0.1, 0.15) is 12.5 Å².